The van der Waals surface area contributed by atoms with Gasteiger partial charge in [-0.15, -0.1) is 0 Å². The Balaban J connectivity index is 1.65. The van der Waals surface area contributed by atoms with Gasteiger partial charge in [0.15, 0.2) is 0 Å². The molecule has 182 valence electrons. The van der Waals surface area contributed by atoms with Crippen molar-refractivity contribution in [2.24, 2.45) is 0 Å². The van der Waals surface area contributed by atoms with Crippen LogP contribution in [-0.4, -0.2) is 74.2 Å². The van der Waals surface area contributed by atoms with Gasteiger partial charge in [-0.05, 0) is 79.2 Å². The molecule has 0 aliphatic carbocycles. The minimum atomic E-state index is -0.269. The van der Waals surface area contributed by atoms with E-state index in [1.165, 1.54) is 0 Å². The Kier molecular flexibility index (Phi) is 7.62. The third-order valence-electron chi connectivity index (χ3n) is 6.30. The van der Waals surface area contributed by atoms with Crippen LogP contribution in [0.15, 0.2) is 47.3 Å². The molecule has 0 unspecified atom stereocenters. The maximum atomic E-state index is 13.4. The molecule has 2 heterocycles. The smallest absolute Gasteiger partial charge is 0.271 e. The van der Waals surface area contributed by atoms with E-state index in [0.29, 0.717) is 56.3 Å². The van der Waals surface area contributed by atoms with E-state index >= 15 is 0 Å². The monoisotopic (exact) mass is 585 g/mol. The molecule has 0 radical (unpaired) electrons. The number of amides is 1. The van der Waals surface area contributed by atoms with E-state index < -0.39 is 0 Å². The lowest BCUT2D eigenvalue weighted by Gasteiger charge is -2.37. The summed E-state index contributed by atoms with van der Waals surface area (Å²) in [5, 5.41) is 10.9. The number of rotatable bonds is 6. The number of nitrogens with zero attached hydrogens (tertiary/aromatic N) is 5. The Morgan fingerprint density at radius 3 is 2.40 bits per heavy atom. The first kappa shape index (κ1) is 25.0. The van der Waals surface area contributed by atoms with Crippen LogP contribution >= 0.6 is 22.6 Å². The Morgan fingerprint density at radius 1 is 1.11 bits per heavy atom. The fraction of sp³-hybridized carbons (Fsp3) is 0.346. The van der Waals surface area contributed by atoms with Crippen LogP contribution in [-0.2, 0) is 6.54 Å². The van der Waals surface area contributed by atoms with Crippen molar-refractivity contribution in [2.45, 2.75) is 6.54 Å². The summed E-state index contributed by atoms with van der Waals surface area (Å²) < 4.78 is 7.92. The number of carbonyl (C=O) groups excluding carboxylic acids is 1. The van der Waals surface area contributed by atoms with Crippen molar-refractivity contribution in [3.8, 4) is 11.8 Å². The number of halogens is 1. The highest BCUT2D eigenvalue weighted by Crippen LogP contribution is 2.31. The summed E-state index contributed by atoms with van der Waals surface area (Å²) >= 11 is 2.26. The summed E-state index contributed by atoms with van der Waals surface area (Å²) in [4.78, 5) is 32.3. The van der Waals surface area contributed by atoms with Crippen LogP contribution in [0.25, 0.3) is 10.9 Å². The minimum absolute atomic E-state index is 0.0358. The molecule has 1 aliphatic rings. The van der Waals surface area contributed by atoms with Gasteiger partial charge < -0.3 is 24.0 Å². The van der Waals surface area contributed by atoms with Crippen LogP contribution in [0, 0.1) is 14.9 Å². The van der Waals surface area contributed by atoms with E-state index in [1.807, 2.05) is 42.1 Å². The van der Waals surface area contributed by atoms with Crippen molar-refractivity contribution < 1.29 is 9.53 Å². The third-order valence-corrected chi connectivity index (χ3v) is 6.97. The first-order valence-electron chi connectivity index (χ1n) is 11.4. The lowest BCUT2D eigenvalue weighted by Crippen LogP contribution is -2.49. The molecule has 0 spiro atoms. The molecular formula is C26H28IN5O3. The van der Waals surface area contributed by atoms with Gasteiger partial charge >= 0.3 is 0 Å². The van der Waals surface area contributed by atoms with E-state index in [9.17, 15) is 14.9 Å². The van der Waals surface area contributed by atoms with Gasteiger partial charge in [-0.3, -0.25) is 9.59 Å². The molecule has 1 amide bonds. The van der Waals surface area contributed by atoms with Gasteiger partial charge in [0.1, 0.15) is 17.4 Å². The van der Waals surface area contributed by atoms with Crippen LogP contribution < -0.4 is 15.2 Å². The number of hydrogen-bond donors (Lipinski definition) is 0. The van der Waals surface area contributed by atoms with Gasteiger partial charge in [0, 0.05) is 53.8 Å². The lowest BCUT2D eigenvalue weighted by molar-refractivity contribution is 0.0747. The Bertz CT molecular complexity index is 1340. The van der Waals surface area contributed by atoms with Crippen molar-refractivity contribution in [3.63, 3.8) is 0 Å². The first-order valence-corrected chi connectivity index (χ1v) is 12.5. The molecule has 0 N–H and O–H groups in total. The second kappa shape index (κ2) is 10.7. The average molecular weight is 585 g/mol. The second-order valence-electron chi connectivity index (χ2n) is 8.76. The second-order valence-corrected chi connectivity index (χ2v) is 10.0. The number of methoxy groups -OCH3 is 1. The number of fused-ring (bicyclic) bond motifs is 1. The molecule has 0 atom stereocenters. The first-order chi connectivity index (χ1) is 16.8. The quantitative estimate of drug-likeness (QED) is 0.414. The molecule has 1 saturated heterocycles. The van der Waals surface area contributed by atoms with Crippen molar-refractivity contribution in [3.05, 3.63) is 67.5 Å². The summed E-state index contributed by atoms with van der Waals surface area (Å²) in [5.41, 5.74) is 2.00. The predicted octanol–water partition coefficient (Wildman–Crippen LogP) is 3.01. The number of benzene rings is 2. The number of piperazine rings is 1. The van der Waals surface area contributed by atoms with E-state index in [-0.39, 0.29) is 17.0 Å². The van der Waals surface area contributed by atoms with Gasteiger partial charge in [0.25, 0.3) is 11.5 Å². The zero-order valence-electron chi connectivity index (χ0n) is 20.1. The summed E-state index contributed by atoms with van der Waals surface area (Å²) in [6.07, 6.45) is 0. The highest BCUT2D eigenvalue weighted by molar-refractivity contribution is 14.1. The molecule has 1 aromatic heterocycles. The molecule has 2 aromatic carbocycles. The summed E-state index contributed by atoms with van der Waals surface area (Å²) in [6.45, 7) is 3.28. The van der Waals surface area contributed by atoms with Crippen LogP contribution in [0.3, 0.4) is 0 Å². The summed E-state index contributed by atoms with van der Waals surface area (Å²) in [7, 11) is 5.52. The predicted molar refractivity (Wildman–Crippen MR) is 145 cm³/mol. The van der Waals surface area contributed by atoms with Gasteiger partial charge in [-0.1, -0.05) is 0 Å². The van der Waals surface area contributed by atoms with Gasteiger partial charge in [-0.2, -0.15) is 5.26 Å². The van der Waals surface area contributed by atoms with E-state index in [4.69, 9.17) is 4.74 Å². The van der Waals surface area contributed by atoms with Crippen LogP contribution in [0.1, 0.15) is 15.9 Å². The summed E-state index contributed by atoms with van der Waals surface area (Å²) in [6, 6.07) is 15.3. The normalized spacial score (nSPS) is 13.8. The molecule has 9 heteroatoms. The number of likely N-dealkylation sites (N-methyl/N-ethyl adjacent to an activating group) is 1. The number of nitriles is 1. The molecule has 3 aromatic rings. The molecule has 0 saturated carbocycles. The Hall–Kier alpha value is -3.10. The van der Waals surface area contributed by atoms with Crippen LogP contribution in [0.4, 0.5) is 5.69 Å². The largest absolute Gasteiger partial charge is 0.497 e. The number of ether oxygens (including phenoxy) is 1. The highest BCUT2D eigenvalue weighted by atomic mass is 127. The minimum Gasteiger partial charge on any atom is -0.497 e. The topological polar surface area (TPSA) is 81.8 Å². The molecule has 35 heavy (non-hydrogen) atoms. The average Bonchev–Trinajstić information content (AvgIpc) is 2.87. The van der Waals surface area contributed by atoms with Gasteiger partial charge in [0.05, 0.1) is 18.3 Å². The van der Waals surface area contributed by atoms with E-state index in [1.54, 1.807) is 35.9 Å². The third kappa shape index (κ3) is 5.13. The standard InChI is InChI=1S/C26H28IN5O3/c1-29(2)10-15-32-23-9-6-19(27)16-21(23)24(22(17-28)26(32)34)30-11-13-31(14-12-30)25(33)18-4-7-20(35-3)8-5-18/h4-9,16H,10-15H2,1-3H3. The fourth-order valence-corrected chi connectivity index (χ4v) is 4.91. The Labute approximate surface area is 218 Å². The Morgan fingerprint density at radius 2 is 1.80 bits per heavy atom. The zero-order valence-corrected chi connectivity index (χ0v) is 22.3. The SMILES string of the molecule is COc1ccc(C(=O)N2CCN(c3c(C#N)c(=O)n(CCN(C)C)c4ccc(I)cc34)CC2)cc1. The molecule has 8 nitrogen and oxygen atoms in total. The lowest BCUT2D eigenvalue weighted by atomic mass is 10.1. The van der Waals surface area contributed by atoms with Crippen molar-refractivity contribution in [2.75, 3.05) is 58.8 Å². The number of pyridine rings is 1. The maximum absolute atomic E-state index is 13.4. The van der Waals surface area contributed by atoms with Crippen LogP contribution in [0.5, 0.6) is 5.75 Å². The van der Waals surface area contributed by atoms with Crippen LogP contribution in [0.2, 0.25) is 0 Å². The number of anilines is 1. The zero-order chi connectivity index (χ0) is 25.1. The molecule has 0 bridgehead atoms. The van der Waals surface area contributed by atoms with Gasteiger partial charge in [0.2, 0.25) is 0 Å². The van der Waals surface area contributed by atoms with E-state index in [2.05, 4.69) is 33.6 Å². The maximum Gasteiger partial charge on any atom is 0.271 e. The number of carbonyl (C=O) groups is 1. The van der Waals surface area contributed by atoms with E-state index in [0.717, 1.165) is 14.5 Å². The number of aromatic nitrogens is 1. The fourth-order valence-electron chi connectivity index (χ4n) is 4.41. The number of hydrogen-bond acceptors (Lipinski definition) is 6. The van der Waals surface area contributed by atoms with Crippen molar-refractivity contribution in [1.82, 2.24) is 14.4 Å². The molecule has 1 fully saturated rings. The van der Waals surface area contributed by atoms with Crippen molar-refractivity contribution >= 4 is 45.1 Å². The molecular weight excluding hydrogens is 557 g/mol. The molecule has 1 aliphatic heterocycles. The van der Waals surface area contributed by atoms with Gasteiger partial charge in [-0.25, -0.2) is 0 Å². The summed E-state index contributed by atoms with van der Waals surface area (Å²) in [5.74, 6) is 0.670. The van der Waals surface area contributed by atoms with Crippen molar-refractivity contribution in [1.29, 1.82) is 5.26 Å². The molecule has 4 rings (SSSR count). The highest BCUT2D eigenvalue weighted by Gasteiger charge is 2.27.